The predicted octanol–water partition coefficient (Wildman–Crippen LogP) is -1.67. The van der Waals surface area contributed by atoms with Crippen molar-refractivity contribution in [1.82, 2.24) is 0 Å². The largest absolute Gasteiger partial charge is 0.394 e. The number of rotatable bonds is 2. The highest BCUT2D eigenvalue weighted by atomic mass is 16.5. The third-order valence-electron chi connectivity index (χ3n) is 0.421. The molecule has 0 aliphatic carbocycles. The Morgan fingerprint density at radius 1 is 1.67 bits per heavy atom. The zero-order chi connectivity index (χ0) is 4.99. The van der Waals surface area contributed by atoms with Crippen LogP contribution in [-0.2, 0) is 0 Å². The fourth-order valence-electron chi connectivity index (χ4n) is 0.0577. The van der Waals surface area contributed by atoms with Crippen LogP contribution in [0.4, 0.5) is 0 Å². The molecule has 0 bridgehead atoms. The molecule has 0 fully saturated rings. The van der Waals surface area contributed by atoms with Crippen LogP contribution in [0.15, 0.2) is 0 Å². The predicted molar refractivity (Wildman–Crippen MR) is 20.2 cm³/mol. The summed E-state index contributed by atoms with van der Waals surface area (Å²) in [7, 11) is 0. The van der Waals surface area contributed by atoms with Crippen LogP contribution in [0.2, 0.25) is 0 Å². The lowest BCUT2D eigenvalue weighted by molar-refractivity contribution is 0.0450. The van der Waals surface area contributed by atoms with E-state index in [9.17, 15) is 0 Å². The Morgan fingerprint density at radius 3 is 2.17 bits per heavy atom. The lowest BCUT2D eigenvalue weighted by atomic mass is 10.7. The van der Waals surface area contributed by atoms with Gasteiger partial charge in [-0.05, 0) is 0 Å². The number of hydrogen-bond acceptors (Lipinski definition) is 3. The Hall–Kier alpha value is -0.120. The Kier molecular flexibility index (Phi) is 3.02. The van der Waals surface area contributed by atoms with Crippen LogP contribution >= 0.6 is 0 Å². The van der Waals surface area contributed by atoms with Gasteiger partial charge in [-0.3, -0.25) is 0 Å². The van der Waals surface area contributed by atoms with Crippen LogP contribution in [0.1, 0.15) is 0 Å². The molecule has 3 N–H and O–H groups in total. The normalized spacial score (nSPS) is 14.5. The lowest BCUT2D eigenvalue weighted by Crippen LogP contribution is -2.15. The molecule has 3 heteroatoms. The number of aliphatic hydroxyl groups excluding tert-OH is 3. The molecule has 6 heavy (non-hydrogen) atoms. The maximum atomic E-state index is 8.17. The van der Waals surface area contributed by atoms with Gasteiger partial charge < -0.3 is 15.3 Å². The second kappa shape index (κ2) is 3.08. The zero-order valence-corrected chi connectivity index (χ0v) is 3.33. The molecule has 0 heterocycles. The van der Waals surface area contributed by atoms with Crippen molar-refractivity contribution >= 4 is 0 Å². The molecule has 38 valence electrons. The van der Waals surface area contributed by atoms with E-state index < -0.39 is 6.10 Å². The standard InChI is InChI=1S/C3H8O3/c4-1-3(6)2-5/h3-6H,1-2H2/i1+2/t3-/m1/s1. The Labute approximate surface area is 35.9 Å². The van der Waals surface area contributed by atoms with Crippen LogP contribution in [0.25, 0.3) is 0 Å². The van der Waals surface area contributed by atoms with Crippen LogP contribution in [-0.4, -0.2) is 34.6 Å². The average molecular weight is 94.1 g/mol. The minimum absolute atomic E-state index is 0.365. The topological polar surface area (TPSA) is 60.7 Å². The highest BCUT2D eigenvalue weighted by Gasteiger charge is 1.93. The molecule has 0 rings (SSSR count). The van der Waals surface area contributed by atoms with Crippen LogP contribution in [0.3, 0.4) is 0 Å². The van der Waals surface area contributed by atoms with Crippen molar-refractivity contribution in [2.75, 3.05) is 13.2 Å². The van der Waals surface area contributed by atoms with Crippen LogP contribution in [0.5, 0.6) is 0 Å². The number of hydrogen-bond donors (Lipinski definition) is 3. The van der Waals surface area contributed by atoms with E-state index >= 15 is 0 Å². The SMILES string of the molecule is OC[C@H](O)[14CH2]O. The summed E-state index contributed by atoms with van der Waals surface area (Å²) in [5, 5.41) is 24.0. The van der Waals surface area contributed by atoms with E-state index in [1.165, 1.54) is 0 Å². The summed E-state index contributed by atoms with van der Waals surface area (Å²) < 4.78 is 0. The van der Waals surface area contributed by atoms with Gasteiger partial charge in [-0.1, -0.05) is 0 Å². The maximum absolute atomic E-state index is 8.17. The molecule has 0 amide bonds. The fraction of sp³-hybridized carbons (Fsp3) is 1.00. The molecule has 3 nitrogen and oxygen atoms in total. The summed E-state index contributed by atoms with van der Waals surface area (Å²) in [4.78, 5) is 0. The van der Waals surface area contributed by atoms with E-state index in [2.05, 4.69) is 0 Å². The average Bonchev–Trinajstić information content (AvgIpc) is 1.65. The zero-order valence-electron chi connectivity index (χ0n) is 3.33. The Balaban J connectivity index is 2.75. The van der Waals surface area contributed by atoms with Gasteiger partial charge in [-0.25, -0.2) is 0 Å². The molecule has 0 aromatic rings. The number of aliphatic hydroxyl groups is 3. The van der Waals surface area contributed by atoms with E-state index in [1.54, 1.807) is 0 Å². The van der Waals surface area contributed by atoms with Gasteiger partial charge in [-0.15, -0.1) is 0 Å². The summed E-state index contributed by atoms with van der Waals surface area (Å²) in [6.45, 7) is -0.729. The van der Waals surface area contributed by atoms with Gasteiger partial charge >= 0.3 is 0 Å². The molecule has 0 aromatic carbocycles. The third kappa shape index (κ3) is 2.14. The van der Waals surface area contributed by atoms with Gasteiger partial charge in [0.05, 0.1) is 13.2 Å². The van der Waals surface area contributed by atoms with Crippen molar-refractivity contribution in [3.63, 3.8) is 0 Å². The quantitative estimate of drug-likeness (QED) is 0.383. The smallest absolute Gasteiger partial charge is 0.100 e. The van der Waals surface area contributed by atoms with Gasteiger partial charge in [-0.2, -0.15) is 0 Å². The molecule has 0 saturated heterocycles. The van der Waals surface area contributed by atoms with Crippen molar-refractivity contribution in [3.05, 3.63) is 0 Å². The van der Waals surface area contributed by atoms with E-state index in [-0.39, 0.29) is 13.2 Å². The molecular weight excluding hydrogens is 86.0 g/mol. The van der Waals surface area contributed by atoms with Crippen molar-refractivity contribution in [1.29, 1.82) is 0 Å². The summed E-state index contributed by atoms with van der Waals surface area (Å²) in [5.74, 6) is 0. The van der Waals surface area contributed by atoms with Crippen LogP contribution < -0.4 is 0 Å². The maximum Gasteiger partial charge on any atom is 0.100 e. The lowest BCUT2D eigenvalue weighted by Gasteiger charge is -1.96. The van der Waals surface area contributed by atoms with Crippen LogP contribution in [0, 0.1) is 0 Å². The fourth-order valence-corrected chi connectivity index (χ4v) is 0.0577. The summed E-state index contributed by atoms with van der Waals surface area (Å²) >= 11 is 0. The van der Waals surface area contributed by atoms with E-state index in [4.69, 9.17) is 15.3 Å². The second-order valence-corrected chi connectivity index (χ2v) is 1.02. The third-order valence-corrected chi connectivity index (χ3v) is 0.421. The van der Waals surface area contributed by atoms with Crippen molar-refractivity contribution in [2.24, 2.45) is 0 Å². The molecule has 0 radical (unpaired) electrons. The van der Waals surface area contributed by atoms with Crippen molar-refractivity contribution in [2.45, 2.75) is 6.10 Å². The molecule has 0 saturated carbocycles. The second-order valence-electron chi connectivity index (χ2n) is 1.02. The minimum Gasteiger partial charge on any atom is -0.394 e. The molecule has 0 unspecified atom stereocenters. The molecule has 1 atom stereocenters. The first-order valence-electron chi connectivity index (χ1n) is 1.71. The molecule has 0 spiro atoms. The van der Waals surface area contributed by atoms with Gasteiger partial charge in [0, 0.05) is 0 Å². The highest BCUT2D eigenvalue weighted by molar-refractivity contribution is 4.43. The van der Waals surface area contributed by atoms with Gasteiger partial charge in [0.25, 0.3) is 0 Å². The Bertz CT molecular complexity index is 25.2. The van der Waals surface area contributed by atoms with Crippen molar-refractivity contribution < 1.29 is 15.3 Å². The summed E-state index contributed by atoms with van der Waals surface area (Å²) in [5.41, 5.74) is 0. The van der Waals surface area contributed by atoms with Gasteiger partial charge in [0.1, 0.15) is 6.10 Å². The van der Waals surface area contributed by atoms with E-state index in [1.807, 2.05) is 0 Å². The first kappa shape index (κ1) is 5.88. The monoisotopic (exact) mass is 94.1 g/mol. The molecular formula is C3H8O3. The van der Waals surface area contributed by atoms with Gasteiger partial charge in [0.15, 0.2) is 0 Å². The van der Waals surface area contributed by atoms with E-state index in [0.717, 1.165) is 0 Å². The molecule has 0 aliphatic heterocycles. The summed E-state index contributed by atoms with van der Waals surface area (Å²) in [6.07, 6.45) is -0.954. The highest BCUT2D eigenvalue weighted by Crippen LogP contribution is 1.71. The van der Waals surface area contributed by atoms with E-state index in [0.29, 0.717) is 0 Å². The first-order chi connectivity index (χ1) is 2.81. The van der Waals surface area contributed by atoms with Gasteiger partial charge in [0.2, 0.25) is 0 Å². The first-order valence-corrected chi connectivity index (χ1v) is 1.71. The van der Waals surface area contributed by atoms with Crippen molar-refractivity contribution in [3.8, 4) is 0 Å². The molecule has 0 aliphatic rings. The molecule has 0 aromatic heterocycles. The minimum atomic E-state index is -0.954. The summed E-state index contributed by atoms with van der Waals surface area (Å²) in [6, 6.07) is 0. The Morgan fingerprint density at radius 2 is 2.17 bits per heavy atom.